The van der Waals surface area contributed by atoms with E-state index in [0.717, 1.165) is 24.8 Å². The van der Waals surface area contributed by atoms with Gasteiger partial charge >= 0.3 is 0 Å². The van der Waals surface area contributed by atoms with E-state index < -0.39 is 0 Å². The van der Waals surface area contributed by atoms with Crippen LogP contribution in [-0.4, -0.2) is 46.1 Å². The van der Waals surface area contributed by atoms with E-state index in [-0.39, 0.29) is 17.9 Å². The predicted octanol–water partition coefficient (Wildman–Crippen LogP) is 0.0897. The van der Waals surface area contributed by atoms with Crippen LogP contribution < -0.4 is 5.32 Å². The van der Waals surface area contributed by atoms with Crippen LogP contribution >= 0.6 is 0 Å². The van der Waals surface area contributed by atoms with Crippen molar-refractivity contribution < 1.29 is 9.59 Å². The molecule has 2 amide bonds. The minimum absolute atomic E-state index is 0.00120. The highest BCUT2D eigenvalue weighted by Crippen LogP contribution is 2.18. The van der Waals surface area contributed by atoms with Crippen molar-refractivity contribution in [2.75, 3.05) is 13.6 Å². The quantitative estimate of drug-likeness (QED) is 0.841. The van der Waals surface area contributed by atoms with E-state index in [1.165, 1.54) is 0 Å². The van der Waals surface area contributed by atoms with Crippen molar-refractivity contribution in [3.8, 4) is 0 Å². The highest BCUT2D eigenvalue weighted by molar-refractivity contribution is 5.88. The van der Waals surface area contributed by atoms with Gasteiger partial charge in [-0.25, -0.2) is 0 Å². The molecule has 19 heavy (non-hydrogen) atoms. The molecule has 1 N–H and O–H groups in total. The fraction of sp³-hybridized carbons (Fsp3) is 0.615. The van der Waals surface area contributed by atoms with Gasteiger partial charge in [-0.3, -0.25) is 14.3 Å². The van der Waals surface area contributed by atoms with E-state index in [0.29, 0.717) is 13.0 Å². The van der Waals surface area contributed by atoms with Gasteiger partial charge < -0.3 is 10.2 Å². The van der Waals surface area contributed by atoms with E-state index in [2.05, 4.69) is 10.4 Å². The molecule has 0 radical (unpaired) electrons. The molecule has 0 saturated carbocycles. The summed E-state index contributed by atoms with van der Waals surface area (Å²) in [5.41, 5.74) is 0.883. The van der Waals surface area contributed by atoms with Crippen LogP contribution in [0.1, 0.15) is 24.8 Å². The van der Waals surface area contributed by atoms with Crippen LogP contribution in [0.3, 0.4) is 0 Å². The van der Waals surface area contributed by atoms with Crippen LogP contribution in [0.15, 0.2) is 12.4 Å². The highest BCUT2D eigenvalue weighted by Gasteiger charge is 2.31. The van der Waals surface area contributed by atoms with E-state index in [9.17, 15) is 9.59 Å². The van der Waals surface area contributed by atoms with Crippen molar-refractivity contribution in [1.29, 1.82) is 0 Å². The van der Waals surface area contributed by atoms with E-state index in [1.54, 1.807) is 22.8 Å². The molecule has 1 atom stereocenters. The summed E-state index contributed by atoms with van der Waals surface area (Å²) in [7, 11) is 3.43. The van der Waals surface area contributed by atoms with E-state index in [4.69, 9.17) is 0 Å². The molecule has 2 rings (SSSR count). The zero-order chi connectivity index (χ0) is 13.8. The standard InChI is InChI=1S/C13H20N4O2/c1-14-13(19)11-5-3-4-6-17(11)12(18)7-10-8-15-16(2)9-10/h8-9,11H,3-7H2,1-2H3,(H,14,19). The SMILES string of the molecule is CNC(=O)C1CCCCN1C(=O)Cc1cnn(C)c1. The molecule has 0 bridgehead atoms. The lowest BCUT2D eigenvalue weighted by Gasteiger charge is -2.34. The number of nitrogens with zero attached hydrogens (tertiary/aromatic N) is 3. The first-order chi connectivity index (χ1) is 9.11. The van der Waals surface area contributed by atoms with Crippen molar-refractivity contribution in [1.82, 2.24) is 20.0 Å². The van der Waals surface area contributed by atoms with Gasteiger partial charge in [-0.15, -0.1) is 0 Å². The van der Waals surface area contributed by atoms with Gasteiger partial charge in [0.25, 0.3) is 0 Å². The van der Waals surface area contributed by atoms with Crippen LogP contribution in [0.5, 0.6) is 0 Å². The van der Waals surface area contributed by atoms with Gasteiger partial charge in [-0.1, -0.05) is 0 Å². The first-order valence-corrected chi connectivity index (χ1v) is 6.60. The summed E-state index contributed by atoms with van der Waals surface area (Å²) in [5.74, 6) is -0.0689. The molecule has 1 unspecified atom stereocenters. The number of nitrogens with one attached hydrogen (secondary N) is 1. The summed E-state index contributed by atoms with van der Waals surface area (Å²) in [6, 6.07) is -0.317. The summed E-state index contributed by atoms with van der Waals surface area (Å²) >= 11 is 0. The van der Waals surface area contributed by atoms with Gasteiger partial charge in [0.15, 0.2) is 0 Å². The van der Waals surface area contributed by atoms with Gasteiger partial charge in [0.1, 0.15) is 6.04 Å². The zero-order valence-electron chi connectivity index (χ0n) is 11.4. The third-order valence-electron chi connectivity index (χ3n) is 3.49. The average molecular weight is 264 g/mol. The van der Waals surface area contributed by atoms with Crippen LogP contribution in [0.4, 0.5) is 0 Å². The summed E-state index contributed by atoms with van der Waals surface area (Å²) < 4.78 is 1.68. The molecule has 6 nitrogen and oxygen atoms in total. The van der Waals surface area contributed by atoms with Crippen LogP contribution in [-0.2, 0) is 23.1 Å². The fourth-order valence-electron chi connectivity index (χ4n) is 2.51. The minimum Gasteiger partial charge on any atom is -0.357 e. The van der Waals surface area contributed by atoms with Gasteiger partial charge in [0, 0.05) is 26.8 Å². The smallest absolute Gasteiger partial charge is 0.242 e. The maximum atomic E-state index is 12.3. The predicted molar refractivity (Wildman–Crippen MR) is 70.3 cm³/mol. The maximum absolute atomic E-state index is 12.3. The Morgan fingerprint density at radius 2 is 2.26 bits per heavy atom. The highest BCUT2D eigenvalue weighted by atomic mass is 16.2. The molecule has 1 aromatic heterocycles. The van der Waals surface area contributed by atoms with Crippen molar-refractivity contribution in [2.24, 2.45) is 7.05 Å². The van der Waals surface area contributed by atoms with Crippen molar-refractivity contribution in [3.63, 3.8) is 0 Å². The molecule has 0 aromatic carbocycles. The van der Waals surface area contributed by atoms with Gasteiger partial charge in [-0.2, -0.15) is 5.10 Å². The largest absolute Gasteiger partial charge is 0.357 e. The van der Waals surface area contributed by atoms with Crippen LogP contribution in [0.2, 0.25) is 0 Å². The number of aryl methyl sites for hydroxylation is 1. The molecule has 1 fully saturated rings. The molecule has 104 valence electrons. The fourth-order valence-corrected chi connectivity index (χ4v) is 2.51. The Morgan fingerprint density at radius 3 is 2.89 bits per heavy atom. The van der Waals surface area contributed by atoms with Crippen LogP contribution in [0, 0.1) is 0 Å². The van der Waals surface area contributed by atoms with Crippen molar-refractivity contribution in [2.45, 2.75) is 31.7 Å². The number of carbonyl (C=O) groups excluding carboxylic acids is 2. The molecule has 0 spiro atoms. The number of carbonyl (C=O) groups is 2. The number of amides is 2. The second-order valence-corrected chi connectivity index (χ2v) is 4.91. The van der Waals surface area contributed by atoms with E-state index in [1.807, 2.05) is 13.2 Å². The molecule has 2 heterocycles. The summed E-state index contributed by atoms with van der Waals surface area (Å²) in [4.78, 5) is 25.8. The number of likely N-dealkylation sites (N-methyl/N-ethyl adjacent to an activating group) is 1. The molecule has 1 aromatic rings. The normalized spacial score (nSPS) is 19.3. The number of hydrogen-bond acceptors (Lipinski definition) is 3. The van der Waals surface area contributed by atoms with Gasteiger partial charge in [0.2, 0.25) is 11.8 Å². The number of likely N-dealkylation sites (tertiary alicyclic amines) is 1. The van der Waals surface area contributed by atoms with Crippen LogP contribution in [0.25, 0.3) is 0 Å². The topological polar surface area (TPSA) is 67.2 Å². The third kappa shape index (κ3) is 3.13. The summed E-state index contributed by atoms with van der Waals surface area (Å²) in [6.45, 7) is 0.664. The maximum Gasteiger partial charge on any atom is 0.242 e. The lowest BCUT2D eigenvalue weighted by atomic mass is 10.0. The summed E-state index contributed by atoms with van der Waals surface area (Å²) in [5, 5.41) is 6.69. The third-order valence-corrected chi connectivity index (χ3v) is 3.49. The molecule has 1 aliphatic rings. The Hall–Kier alpha value is -1.85. The molecule has 1 saturated heterocycles. The molecular weight excluding hydrogens is 244 g/mol. The Kier molecular flexibility index (Phi) is 4.19. The lowest BCUT2D eigenvalue weighted by Crippen LogP contribution is -2.51. The van der Waals surface area contributed by atoms with Crippen molar-refractivity contribution in [3.05, 3.63) is 18.0 Å². The van der Waals surface area contributed by atoms with Gasteiger partial charge in [-0.05, 0) is 24.8 Å². The summed E-state index contributed by atoms with van der Waals surface area (Å²) in [6.07, 6.45) is 6.54. The van der Waals surface area contributed by atoms with Crippen molar-refractivity contribution >= 4 is 11.8 Å². The first-order valence-electron chi connectivity index (χ1n) is 6.60. The zero-order valence-corrected chi connectivity index (χ0v) is 11.4. The second kappa shape index (κ2) is 5.86. The monoisotopic (exact) mass is 264 g/mol. The Labute approximate surface area is 112 Å². The Morgan fingerprint density at radius 1 is 1.47 bits per heavy atom. The molecule has 1 aliphatic heterocycles. The number of hydrogen-bond donors (Lipinski definition) is 1. The Balaban J connectivity index is 2.05. The number of piperidine rings is 1. The number of aromatic nitrogens is 2. The minimum atomic E-state index is -0.317. The van der Waals surface area contributed by atoms with Gasteiger partial charge in [0.05, 0.1) is 12.6 Å². The molecule has 6 heteroatoms. The molecule has 0 aliphatic carbocycles. The van der Waals surface area contributed by atoms with E-state index >= 15 is 0 Å². The molecular formula is C13H20N4O2. The Bertz CT molecular complexity index is 469. The average Bonchev–Trinajstić information content (AvgIpc) is 2.83. The lowest BCUT2D eigenvalue weighted by molar-refractivity contribution is -0.141. The first kappa shape index (κ1) is 13.6. The number of rotatable bonds is 3. The second-order valence-electron chi connectivity index (χ2n) is 4.91.